The Bertz CT molecular complexity index is 1010. The van der Waals surface area contributed by atoms with E-state index in [1.807, 2.05) is 6.92 Å². The minimum Gasteiger partial charge on any atom is -0.451 e. The van der Waals surface area contributed by atoms with Gasteiger partial charge in [0.2, 0.25) is 0 Å². The number of hydrogen-bond acceptors (Lipinski definition) is 3. The first-order valence-electron chi connectivity index (χ1n) is 9.29. The minimum absolute atomic E-state index is 0.266. The number of halogens is 2. The third-order valence-electron chi connectivity index (χ3n) is 5.60. The van der Waals surface area contributed by atoms with Crippen molar-refractivity contribution in [2.45, 2.75) is 25.2 Å². The Hall–Kier alpha value is -2.37. The molecule has 3 aromatic rings. The second-order valence-electron chi connectivity index (χ2n) is 7.28. The number of carbonyl (C=O) groups is 1. The number of fused-ring (bicyclic) bond motifs is 1. The molecule has 146 valence electrons. The molecule has 1 N–H and O–H groups in total. The van der Waals surface area contributed by atoms with Crippen molar-refractivity contribution in [3.05, 3.63) is 70.2 Å². The molecule has 0 spiro atoms. The van der Waals surface area contributed by atoms with Crippen molar-refractivity contribution in [3.8, 4) is 0 Å². The Kier molecular flexibility index (Phi) is 5.13. The molecular formula is C22H21ClFNO3. The fourth-order valence-corrected chi connectivity index (χ4v) is 4.04. The zero-order valence-electron chi connectivity index (χ0n) is 15.6. The molecule has 1 aliphatic heterocycles. The van der Waals surface area contributed by atoms with E-state index in [2.05, 4.69) is 5.32 Å². The quantitative estimate of drug-likeness (QED) is 0.668. The second-order valence-corrected chi connectivity index (χ2v) is 7.72. The van der Waals surface area contributed by atoms with Crippen LogP contribution in [0.3, 0.4) is 0 Å². The van der Waals surface area contributed by atoms with Crippen molar-refractivity contribution < 1.29 is 18.3 Å². The molecule has 1 amide bonds. The number of nitrogens with one attached hydrogen (secondary N) is 1. The molecule has 1 aromatic heterocycles. The number of aryl methyl sites for hydroxylation is 1. The van der Waals surface area contributed by atoms with Crippen LogP contribution in [-0.4, -0.2) is 25.7 Å². The maximum absolute atomic E-state index is 13.4. The van der Waals surface area contributed by atoms with Crippen LogP contribution in [0.5, 0.6) is 0 Å². The van der Waals surface area contributed by atoms with Gasteiger partial charge < -0.3 is 14.5 Å². The normalized spacial score (nSPS) is 16.2. The Balaban J connectivity index is 1.58. The summed E-state index contributed by atoms with van der Waals surface area (Å²) in [5.41, 5.74) is 2.11. The molecule has 0 saturated carbocycles. The van der Waals surface area contributed by atoms with E-state index in [-0.39, 0.29) is 17.1 Å². The number of rotatable bonds is 4. The topological polar surface area (TPSA) is 51.5 Å². The SMILES string of the molecule is Cc1c(C(=O)NCC2(c3ccc(F)cc3)CCOCC2)oc2ccc(Cl)cc12. The van der Waals surface area contributed by atoms with Crippen molar-refractivity contribution in [1.29, 1.82) is 0 Å². The van der Waals surface area contributed by atoms with Gasteiger partial charge in [-0.3, -0.25) is 4.79 Å². The predicted octanol–water partition coefficient (Wildman–Crippen LogP) is 5.01. The van der Waals surface area contributed by atoms with Crippen LogP contribution < -0.4 is 5.32 Å². The molecule has 1 saturated heterocycles. The summed E-state index contributed by atoms with van der Waals surface area (Å²) in [5, 5.41) is 4.45. The van der Waals surface area contributed by atoms with Crippen LogP contribution in [0.1, 0.15) is 34.5 Å². The molecule has 6 heteroatoms. The lowest BCUT2D eigenvalue weighted by atomic mass is 9.74. The summed E-state index contributed by atoms with van der Waals surface area (Å²) < 4.78 is 24.7. The van der Waals surface area contributed by atoms with Gasteiger partial charge in [-0.1, -0.05) is 23.7 Å². The van der Waals surface area contributed by atoms with Gasteiger partial charge in [0.1, 0.15) is 11.4 Å². The Morgan fingerprint density at radius 1 is 1.18 bits per heavy atom. The molecule has 0 bridgehead atoms. The molecular weight excluding hydrogens is 381 g/mol. The summed E-state index contributed by atoms with van der Waals surface area (Å²) >= 11 is 6.06. The molecule has 0 radical (unpaired) electrons. The Morgan fingerprint density at radius 3 is 2.61 bits per heavy atom. The first kappa shape index (κ1) is 19.0. The van der Waals surface area contributed by atoms with E-state index in [1.165, 1.54) is 12.1 Å². The highest BCUT2D eigenvalue weighted by atomic mass is 35.5. The number of furan rings is 1. The third-order valence-corrected chi connectivity index (χ3v) is 5.83. The molecule has 0 aliphatic carbocycles. The third kappa shape index (κ3) is 3.52. The molecule has 4 rings (SSSR count). The standard InChI is InChI=1S/C22H21ClFNO3/c1-14-18-12-16(23)4-7-19(18)28-20(14)21(26)25-13-22(8-10-27-11-9-22)15-2-5-17(24)6-3-15/h2-7,12H,8-11,13H2,1H3,(H,25,26). The van der Waals surface area contributed by atoms with E-state index < -0.39 is 0 Å². The van der Waals surface area contributed by atoms with E-state index in [1.54, 1.807) is 30.3 Å². The van der Waals surface area contributed by atoms with Crippen LogP contribution in [-0.2, 0) is 10.2 Å². The van der Waals surface area contributed by atoms with E-state index in [9.17, 15) is 9.18 Å². The lowest BCUT2D eigenvalue weighted by Gasteiger charge is -2.37. The highest BCUT2D eigenvalue weighted by molar-refractivity contribution is 6.31. The van der Waals surface area contributed by atoms with Gasteiger partial charge in [0.15, 0.2) is 5.76 Å². The monoisotopic (exact) mass is 401 g/mol. The van der Waals surface area contributed by atoms with Gasteiger partial charge in [0.05, 0.1) is 0 Å². The summed E-state index contributed by atoms with van der Waals surface area (Å²) in [4.78, 5) is 12.9. The summed E-state index contributed by atoms with van der Waals surface area (Å²) in [6, 6.07) is 11.8. The Labute approximate surface area is 167 Å². The zero-order chi connectivity index (χ0) is 19.7. The largest absolute Gasteiger partial charge is 0.451 e. The van der Waals surface area contributed by atoms with Gasteiger partial charge in [-0.2, -0.15) is 0 Å². The summed E-state index contributed by atoms with van der Waals surface area (Å²) in [5.74, 6) is -0.247. The van der Waals surface area contributed by atoms with E-state index in [4.69, 9.17) is 20.8 Å². The second kappa shape index (κ2) is 7.57. The molecule has 28 heavy (non-hydrogen) atoms. The minimum atomic E-state index is -0.287. The summed E-state index contributed by atoms with van der Waals surface area (Å²) in [6.45, 7) is 3.49. The van der Waals surface area contributed by atoms with E-state index >= 15 is 0 Å². The van der Waals surface area contributed by atoms with Crippen molar-refractivity contribution in [2.75, 3.05) is 19.8 Å². The summed E-state index contributed by atoms with van der Waals surface area (Å²) in [6.07, 6.45) is 1.52. The lowest BCUT2D eigenvalue weighted by molar-refractivity contribution is 0.0484. The van der Waals surface area contributed by atoms with E-state index in [0.717, 1.165) is 29.4 Å². The van der Waals surface area contributed by atoms with Gasteiger partial charge in [0, 0.05) is 41.1 Å². The lowest BCUT2D eigenvalue weighted by Crippen LogP contribution is -2.44. The van der Waals surface area contributed by atoms with Crippen LogP contribution in [0.2, 0.25) is 5.02 Å². The molecule has 4 nitrogen and oxygen atoms in total. The average Bonchev–Trinajstić information content (AvgIpc) is 3.03. The molecule has 1 aliphatic rings. The van der Waals surface area contributed by atoms with Crippen LogP contribution in [0, 0.1) is 12.7 Å². The van der Waals surface area contributed by atoms with Gasteiger partial charge >= 0.3 is 0 Å². The molecule has 0 atom stereocenters. The summed E-state index contributed by atoms with van der Waals surface area (Å²) in [7, 11) is 0. The molecule has 2 aromatic carbocycles. The predicted molar refractivity (Wildman–Crippen MR) is 106 cm³/mol. The maximum Gasteiger partial charge on any atom is 0.287 e. The van der Waals surface area contributed by atoms with Crippen LogP contribution >= 0.6 is 11.6 Å². The van der Waals surface area contributed by atoms with Crippen molar-refractivity contribution in [2.24, 2.45) is 0 Å². The van der Waals surface area contributed by atoms with Gasteiger partial charge in [0.25, 0.3) is 5.91 Å². The van der Waals surface area contributed by atoms with Crippen LogP contribution in [0.25, 0.3) is 11.0 Å². The van der Waals surface area contributed by atoms with E-state index in [0.29, 0.717) is 36.1 Å². The van der Waals surface area contributed by atoms with Crippen LogP contribution in [0.15, 0.2) is 46.9 Å². The fraction of sp³-hybridized carbons (Fsp3) is 0.318. The maximum atomic E-state index is 13.4. The molecule has 2 heterocycles. The molecule has 0 unspecified atom stereocenters. The number of amides is 1. The average molecular weight is 402 g/mol. The Morgan fingerprint density at radius 2 is 1.89 bits per heavy atom. The van der Waals surface area contributed by atoms with Crippen molar-refractivity contribution in [1.82, 2.24) is 5.32 Å². The van der Waals surface area contributed by atoms with Gasteiger partial charge in [-0.25, -0.2) is 4.39 Å². The van der Waals surface area contributed by atoms with Gasteiger partial charge in [-0.05, 0) is 55.7 Å². The first-order valence-corrected chi connectivity index (χ1v) is 9.67. The van der Waals surface area contributed by atoms with Gasteiger partial charge in [-0.15, -0.1) is 0 Å². The highest BCUT2D eigenvalue weighted by Crippen LogP contribution is 2.35. The number of carbonyl (C=O) groups excluding carboxylic acids is 1. The fourth-order valence-electron chi connectivity index (χ4n) is 3.87. The van der Waals surface area contributed by atoms with Crippen molar-refractivity contribution in [3.63, 3.8) is 0 Å². The zero-order valence-corrected chi connectivity index (χ0v) is 16.3. The van der Waals surface area contributed by atoms with Crippen molar-refractivity contribution >= 4 is 28.5 Å². The number of hydrogen-bond donors (Lipinski definition) is 1. The number of ether oxygens (including phenoxy) is 1. The van der Waals surface area contributed by atoms with Crippen LogP contribution in [0.4, 0.5) is 4.39 Å². The smallest absolute Gasteiger partial charge is 0.287 e. The molecule has 1 fully saturated rings. The number of benzene rings is 2. The highest BCUT2D eigenvalue weighted by Gasteiger charge is 2.35. The first-order chi connectivity index (χ1) is 13.5.